The number of rotatable bonds is 5. The minimum atomic E-state index is -6.09. The molecule has 3 fully saturated rings. The first kappa shape index (κ1) is 29.6. The number of piperazine rings is 3. The summed E-state index contributed by atoms with van der Waals surface area (Å²) in [5.41, 5.74) is -3.12. The fraction of sp³-hybridized carbons (Fsp3) is 1.00. The van der Waals surface area contributed by atoms with Crippen LogP contribution in [0.25, 0.3) is 10.4 Å². The van der Waals surface area contributed by atoms with Crippen LogP contribution in [0.15, 0.2) is 5.11 Å². The third-order valence-corrected chi connectivity index (χ3v) is 5.72. The van der Waals surface area contributed by atoms with Gasteiger partial charge in [0.1, 0.15) is 39.3 Å². The van der Waals surface area contributed by atoms with Gasteiger partial charge in [-0.15, -0.1) is 0 Å². The lowest BCUT2D eigenvalue weighted by Crippen LogP contribution is -3.19. The molecule has 3 saturated heterocycles. The van der Waals surface area contributed by atoms with Crippen molar-refractivity contribution in [2.75, 3.05) is 52.4 Å². The number of quaternary nitrogens is 2. The quantitative estimate of drug-likeness (QED) is 0.0794. The summed E-state index contributed by atoms with van der Waals surface area (Å²) in [6.45, 7) is 10.2. The molecular formula is C12H21F6N5O6S2. The summed E-state index contributed by atoms with van der Waals surface area (Å²) in [5.74, 6) is 0. The van der Waals surface area contributed by atoms with Gasteiger partial charge in [-0.05, 0) is 18.4 Å². The normalized spacial score (nSPS) is 23.5. The highest BCUT2D eigenvalue weighted by molar-refractivity contribution is 7.86. The monoisotopic (exact) mass is 509 g/mol. The van der Waals surface area contributed by atoms with Gasteiger partial charge in [0.05, 0.1) is 6.54 Å². The van der Waals surface area contributed by atoms with Crippen LogP contribution in [0.2, 0.25) is 0 Å². The first-order chi connectivity index (χ1) is 13.8. The standard InChI is InChI=1S/C10H20N5.2CHF3O3S/c11-13-12-3-1-2-7-15-8-4-14(5-9-15)6-10-15;2*2-1(3,4)8(5,6)7/h1-10H2;2*(H,5,6,7)/q+1;;/p-1. The Bertz CT molecular complexity index is 762. The third kappa shape index (κ3) is 11.2. The van der Waals surface area contributed by atoms with E-state index >= 15 is 0 Å². The molecule has 3 aliphatic heterocycles. The molecule has 3 rings (SSSR count). The predicted molar refractivity (Wildman–Crippen MR) is 90.0 cm³/mol. The second kappa shape index (κ2) is 11.5. The summed E-state index contributed by atoms with van der Waals surface area (Å²) in [5, 5.41) is 3.58. The zero-order valence-corrected chi connectivity index (χ0v) is 17.5. The van der Waals surface area contributed by atoms with Crippen LogP contribution in [-0.4, -0.2) is 93.8 Å². The highest BCUT2D eigenvalue weighted by atomic mass is 32.2. The van der Waals surface area contributed by atoms with E-state index in [1.54, 1.807) is 0 Å². The maximum absolute atomic E-state index is 10.7. The van der Waals surface area contributed by atoms with Crippen LogP contribution in [0, 0.1) is 0 Å². The Hall–Kier alpha value is -1.37. The first-order valence-corrected chi connectivity index (χ1v) is 11.4. The second-order valence-electron chi connectivity index (χ2n) is 6.70. The van der Waals surface area contributed by atoms with Crippen LogP contribution in [0.1, 0.15) is 12.8 Å². The molecule has 0 aromatic rings. The summed E-state index contributed by atoms with van der Waals surface area (Å²) in [4.78, 5) is 4.59. The van der Waals surface area contributed by atoms with Crippen LogP contribution in [0.3, 0.4) is 0 Å². The van der Waals surface area contributed by atoms with Gasteiger partial charge in [0, 0.05) is 11.5 Å². The summed E-state index contributed by atoms with van der Waals surface area (Å²) in [6.07, 6.45) is 2.27. The van der Waals surface area contributed by atoms with E-state index in [-0.39, 0.29) is 0 Å². The van der Waals surface area contributed by atoms with E-state index in [0.717, 1.165) is 6.42 Å². The van der Waals surface area contributed by atoms with Gasteiger partial charge in [-0.3, -0.25) is 0 Å². The largest absolute Gasteiger partial charge is 0.741 e. The number of halogens is 6. The molecule has 2 bridgehead atoms. The zero-order valence-electron chi connectivity index (χ0n) is 15.9. The van der Waals surface area contributed by atoms with Crippen molar-refractivity contribution < 1.29 is 61.7 Å². The van der Waals surface area contributed by atoms with Crippen molar-refractivity contribution in [3.05, 3.63) is 10.4 Å². The van der Waals surface area contributed by atoms with Crippen LogP contribution in [0.5, 0.6) is 0 Å². The van der Waals surface area contributed by atoms with Crippen molar-refractivity contribution in [1.29, 1.82) is 0 Å². The van der Waals surface area contributed by atoms with E-state index in [1.807, 2.05) is 4.90 Å². The van der Waals surface area contributed by atoms with Gasteiger partial charge in [-0.25, -0.2) is 16.8 Å². The molecule has 31 heavy (non-hydrogen) atoms. The molecular weight excluding hydrogens is 488 g/mol. The van der Waals surface area contributed by atoms with Crippen molar-refractivity contribution in [3.8, 4) is 0 Å². The van der Waals surface area contributed by atoms with E-state index in [1.165, 1.54) is 56.7 Å². The number of unbranched alkanes of at least 4 members (excludes halogenated alkanes) is 1. The fourth-order valence-electron chi connectivity index (χ4n) is 2.91. The van der Waals surface area contributed by atoms with Gasteiger partial charge >= 0.3 is 11.0 Å². The predicted octanol–water partition coefficient (Wildman–Crippen LogP) is -0.0914. The first-order valence-electron chi connectivity index (χ1n) is 8.58. The Morgan fingerprint density at radius 2 is 1.23 bits per heavy atom. The molecule has 0 aromatic heterocycles. The maximum Gasteiger partial charge on any atom is 0.485 e. The third-order valence-electron chi connectivity index (χ3n) is 4.59. The van der Waals surface area contributed by atoms with Crippen molar-refractivity contribution in [2.24, 2.45) is 5.11 Å². The number of alkyl halides is 6. The molecule has 0 aromatic carbocycles. The summed E-state index contributed by atoms with van der Waals surface area (Å²) >= 11 is 0. The van der Waals surface area contributed by atoms with E-state index < -0.39 is 31.3 Å². The van der Waals surface area contributed by atoms with Gasteiger partial charge in [-0.1, -0.05) is 5.11 Å². The molecule has 0 atom stereocenters. The smallest absolute Gasteiger partial charge is 0.485 e. The van der Waals surface area contributed by atoms with Crippen molar-refractivity contribution in [2.45, 2.75) is 23.9 Å². The number of hydrogen-bond donors (Lipinski definition) is 1. The van der Waals surface area contributed by atoms with Crippen molar-refractivity contribution in [1.82, 2.24) is 0 Å². The number of hydrogen-bond acceptors (Lipinski definition) is 7. The molecule has 1 N–H and O–H groups in total. The van der Waals surface area contributed by atoms with Crippen LogP contribution < -0.4 is 4.90 Å². The van der Waals surface area contributed by atoms with Crippen LogP contribution >= 0.6 is 0 Å². The molecule has 184 valence electrons. The molecule has 0 radical (unpaired) electrons. The Morgan fingerprint density at radius 1 is 0.871 bits per heavy atom. The minimum Gasteiger partial charge on any atom is -0.741 e. The molecule has 0 aliphatic carbocycles. The molecule has 0 amide bonds. The van der Waals surface area contributed by atoms with Gasteiger partial charge in [0.2, 0.25) is 0 Å². The van der Waals surface area contributed by atoms with Crippen molar-refractivity contribution >= 4 is 20.2 Å². The molecule has 19 heteroatoms. The molecule has 3 aliphatic rings. The Morgan fingerprint density at radius 3 is 1.52 bits per heavy atom. The summed E-state index contributed by atoms with van der Waals surface area (Å²) in [7, 11) is -12.2. The SMILES string of the molecule is O=S(=O)([O-])C(F)(F)F.O=S(=O)([O-])C(F)(F)F.[N-]=[N+]=NCCCC[N+]12CC[NH+](CC1)CC2. The lowest BCUT2D eigenvalue weighted by Gasteiger charge is -2.48. The van der Waals surface area contributed by atoms with Gasteiger partial charge in [0.25, 0.3) is 0 Å². The molecule has 0 unspecified atom stereocenters. The Kier molecular flexibility index (Phi) is 11.0. The molecule has 11 nitrogen and oxygen atoms in total. The maximum atomic E-state index is 10.7. The highest BCUT2D eigenvalue weighted by Gasteiger charge is 2.40. The zero-order chi connectivity index (χ0) is 24.6. The van der Waals surface area contributed by atoms with Gasteiger partial charge < -0.3 is 18.5 Å². The average Bonchev–Trinajstić information content (AvgIpc) is 2.61. The second-order valence-corrected chi connectivity index (χ2v) is 9.44. The van der Waals surface area contributed by atoms with Gasteiger partial charge in [-0.2, -0.15) is 26.3 Å². The average molecular weight is 509 g/mol. The lowest BCUT2D eigenvalue weighted by molar-refractivity contribution is -1.07. The lowest BCUT2D eigenvalue weighted by atomic mass is 10.1. The van der Waals surface area contributed by atoms with E-state index in [0.29, 0.717) is 6.54 Å². The van der Waals surface area contributed by atoms with E-state index in [9.17, 15) is 26.3 Å². The number of nitrogens with one attached hydrogen (secondary N) is 1. The van der Waals surface area contributed by atoms with E-state index in [4.69, 9.17) is 31.5 Å². The number of fused-ring (bicyclic) bond motifs is 3. The molecule has 0 saturated carbocycles. The summed E-state index contributed by atoms with van der Waals surface area (Å²) in [6, 6.07) is 0. The number of azide groups is 1. The highest BCUT2D eigenvalue weighted by Crippen LogP contribution is 2.21. The Labute approximate surface area is 174 Å². The Balaban J connectivity index is 0.000000483. The van der Waals surface area contributed by atoms with Crippen molar-refractivity contribution in [3.63, 3.8) is 0 Å². The summed E-state index contributed by atoms with van der Waals surface area (Å²) < 4.78 is 119. The van der Waals surface area contributed by atoms with Gasteiger partial charge in [0.15, 0.2) is 20.2 Å². The van der Waals surface area contributed by atoms with Crippen LogP contribution in [-0.2, 0) is 20.2 Å². The fourth-order valence-corrected chi connectivity index (χ4v) is 2.91. The molecule has 3 heterocycles. The minimum absolute atomic E-state index is 0.674. The van der Waals surface area contributed by atoms with E-state index in [2.05, 4.69) is 10.0 Å². The molecule has 0 spiro atoms. The topological polar surface area (TPSA) is 168 Å². The van der Waals surface area contributed by atoms with Crippen LogP contribution in [0.4, 0.5) is 26.3 Å². The number of nitrogens with zero attached hydrogens (tertiary/aromatic N) is 4.